The van der Waals surface area contributed by atoms with Crippen molar-refractivity contribution < 1.29 is 46.8 Å². The molecule has 1 unspecified atom stereocenters. The summed E-state index contributed by atoms with van der Waals surface area (Å²) in [6, 6.07) is 7.04. The molecule has 0 N–H and O–H groups in total. The molecule has 10 nitrogen and oxygen atoms in total. The van der Waals surface area contributed by atoms with Crippen LogP contribution < -0.4 is 9.63 Å². The SMILES string of the molecule is CC(=O)O[C@H](COC(=O)COc1ccc(I)cc1)COP(=O)([O-])OCC[N+](C)(C)C. The van der Waals surface area contributed by atoms with E-state index in [1.807, 2.05) is 33.3 Å². The molecule has 0 saturated heterocycles. The van der Waals surface area contributed by atoms with Gasteiger partial charge in [0.05, 0.1) is 27.7 Å². The Morgan fingerprint density at radius 3 is 2.33 bits per heavy atom. The molecule has 0 bridgehead atoms. The summed E-state index contributed by atoms with van der Waals surface area (Å²) in [6.45, 7) is 0.226. The number of phosphoric acid groups is 1. The molecule has 1 aromatic carbocycles. The van der Waals surface area contributed by atoms with Crippen LogP contribution in [0.2, 0.25) is 0 Å². The lowest BCUT2D eigenvalue weighted by Gasteiger charge is -2.28. The Kier molecular flexibility index (Phi) is 11.2. The summed E-state index contributed by atoms with van der Waals surface area (Å²) < 4.78 is 38.1. The van der Waals surface area contributed by atoms with Gasteiger partial charge in [0.25, 0.3) is 7.82 Å². The van der Waals surface area contributed by atoms with E-state index in [9.17, 15) is 19.0 Å². The van der Waals surface area contributed by atoms with Gasteiger partial charge in [0.15, 0.2) is 12.7 Å². The minimum Gasteiger partial charge on any atom is -0.756 e. The van der Waals surface area contributed by atoms with Crippen molar-refractivity contribution in [2.45, 2.75) is 13.0 Å². The zero-order chi connectivity index (χ0) is 22.8. The van der Waals surface area contributed by atoms with Gasteiger partial charge in [-0.15, -0.1) is 0 Å². The molecule has 170 valence electrons. The normalized spacial score (nSPS) is 14.5. The quantitative estimate of drug-likeness (QED) is 0.153. The fraction of sp³-hybridized carbons (Fsp3) is 0.556. The Morgan fingerprint density at radius 1 is 1.13 bits per heavy atom. The predicted molar refractivity (Wildman–Crippen MR) is 114 cm³/mol. The fourth-order valence-corrected chi connectivity index (χ4v) is 2.98. The van der Waals surface area contributed by atoms with Crippen LogP contribution in [0.4, 0.5) is 0 Å². The first kappa shape index (κ1) is 26.8. The third kappa shape index (κ3) is 13.1. The highest BCUT2D eigenvalue weighted by Gasteiger charge is 2.20. The molecule has 1 aromatic rings. The third-order valence-electron chi connectivity index (χ3n) is 3.36. The van der Waals surface area contributed by atoms with Crippen molar-refractivity contribution in [3.8, 4) is 5.75 Å². The molecule has 0 aliphatic rings. The number of nitrogens with zero attached hydrogens (tertiary/aromatic N) is 1. The number of halogens is 1. The number of hydrogen-bond acceptors (Lipinski definition) is 9. The molecule has 0 saturated carbocycles. The van der Waals surface area contributed by atoms with Crippen LogP contribution in [0.25, 0.3) is 0 Å². The van der Waals surface area contributed by atoms with Gasteiger partial charge in [0.1, 0.15) is 25.5 Å². The summed E-state index contributed by atoms with van der Waals surface area (Å²) in [5.41, 5.74) is 0. The molecule has 0 radical (unpaired) electrons. The van der Waals surface area contributed by atoms with Gasteiger partial charge in [-0.2, -0.15) is 0 Å². The van der Waals surface area contributed by atoms with Crippen LogP contribution in [0, 0.1) is 3.57 Å². The lowest BCUT2D eigenvalue weighted by molar-refractivity contribution is -0.870. The number of phosphoric ester groups is 1. The molecule has 0 aliphatic carbocycles. The highest BCUT2D eigenvalue weighted by Crippen LogP contribution is 2.38. The van der Waals surface area contributed by atoms with Gasteiger partial charge in [-0.3, -0.25) is 9.36 Å². The number of quaternary nitrogens is 1. The predicted octanol–water partition coefficient (Wildman–Crippen LogP) is 1.35. The zero-order valence-electron chi connectivity index (χ0n) is 17.4. The Hall–Kier alpha value is -1.24. The monoisotopic (exact) mass is 559 g/mol. The maximum absolute atomic E-state index is 11.8. The van der Waals surface area contributed by atoms with Crippen molar-refractivity contribution in [3.05, 3.63) is 27.8 Å². The topological polar surface area (TPSA) is 120 Å². The van der Waals surface area contributed by atoms with Crippen LogP contribution in [0.1, 0.15) is 6.92 Å². The Labute approximate surface area is 189 Å². The van der Waals surface area contributed by atoms with Gasteiger partial charge in [-0.25, -0.2) is 4.79 Å². The minimum atomic E-state index is -4.60. The average Bonchev–Trinajstić information content (AvgIpc) is 2.62. The molecule has 30 heavy (non-hydrogen) atoms. The molecule has 0 heterocycles. The highest BCUT2D eigenvalue weighted by molar-refractivity contribution is 14.1. The van der Waals surface area contributed by atoms with Crippen LogP contribution in [0.3, 0.4) is 0 Å². The molecule has 12 heteroatoms. The highest BCUT2D eigenvalue weighted by atomic mass is 127. The van der Waals surface area contributed by atoms with Crippen molar-refractivity contribution in [1.82, 2.24) is 0 Å². The van der Waals surface area contributed by atoms with Crippen LogP contribution >= 0.6 is 30.4 Å². The summed E-state index contributed by atoms with van der Waals surface area (Å²) in [5.74, 6) is -0.901. The van der Waals surface area contributed by atoms with E-state index in [4.69, 9.17) is 23.3 Å². The number of ether oxygens (including phenoxy) is 3. The largest absolute Gasteiger partial charge is 0.756 e. The third-order valence-corrected chi connectivity index (χ3v) is 5.05. The summed E-state index contributed by atoms with van der Waals surface area (Å²) in [6.07, 6.45) is -1.12. The van der Waals surface area contributed by atoms with Crippen LogP contribution in [0.15, 0.2) is 24.3 Å². The van der Waals surface area contributed by atoms with Crippen molar-refractivity contribution >= 4 is 42.4 Å². The second-order valence-electron chi connectivity index (χ2n) is 7.25. The van der Waals surface area contributed by atoms with E-state index in [-0.39, 0.29) is 13.2 Å². The van der Waals surface area contributed by atoms with E-state index in [2.05, 4.69) is 22.6 Å². The number of benzene rings is 1. The second kappa shape index (κ2) is 12.6. The van der Waals surface area contributed by atoms with Crippen molar-refractivity contribution in [3.63, 3.8) is 0 Å². The maximum Gasteiger partial charge on any atom is 0.344 e. The first-order chi connectivity index (χ1) is 13.9. The van der Waals surface area contributed by atoms with E-state index in [0.29, 0.717) is 16.8 Å². The van der Waals surface area contributed by atoms with E-state index in [0.717, 1.165) is 10.5 Å². The number of carbonyl (C=O) groups excluding carboxylic acids is 2. The molecule has 0 spiro atoms. The van der Waals surface area contributed by atoms with Gasteiger partial charge in [0, 0.05) is 10.5 Å². The van der Waals surface area contributed by atoms with Crippen LogP contribution in [0.5, 0.6) is 5.75 Å². The molecular formula is C18H27INO9P. The van der Waals surface area contributed by atoms with Gasteiger partial charge in [-0.1, -0.05) is 0 Å². The smallest absolute Gasteiger partial charge is 0.344 e. The second-order valence-corrected chi connectivity index (χ2v) is 9.90. The molecule has 0 aromatic heterocycles. The van der Waals surface area contributed by atoms with Crippen molar-refractivity contribution in [2.75, 3.05) is 54.1 Å². The number of hydrogen-bond donors (Lipinski definition) is 0. The van der Waals surface area contributed by atoms with E-state index < -0.39 is 39.1 Å². The Balaban J connectivity index is 2.44. The summed E-state index contributed by atoms with van der Waals surface area (Å²) >= 11 is 2.14. The first-order valence-electron chi connectivity index (χ1n) is 8.98. The number of likely N-dealkylation sites (N-methyl/N-ethyl adjacent to an activating group) is 1. The molecule has 1 rings (SSSR count). The number of rotatable bonds is 13. The van der Waals surface area contributed by atoms with E-state index in [1.165, 1.54) is 0 Å². The lowest BCUT2D eigenvalue weighted by atomic mass is 10.3. The Bertz CT molecular complexity index is 736. The minimum absolute atomic E-state index is 0.0621. The zero-order valence-corrected chi connectivity index (χ0v) is 20.4. The summed E-state index contributed by atoms with van der Waals surface area (Å²) in [4.78, 5) is 34.9. The Morgan fingerprint density at radius 2 is 1.77 bits per heavy atom. The maximum atomic E-state index is 11.8. The van der Waals surface area contributed by atoms with Gasteiger partial charge < -0.3 is 32.6 Å². The number of esters is 2. The van der Waals surface area contributed by atoms with E-state index >= 15 is 0 Å². The molecule has 0 aliphatic heterocycles. The lowest BCUT2D eigenvalue weighted by Crippen LogP contribution is -2.37. The summed E-state index contributed by atoms with van der Waals surface area (Å²) in [5, 5.41) is 0. The van der Waals surface area contributed by atoms with Gasteiger partial charge in [0.2, 0.25) is 0 Å². The molecule has 0 amide bonds. The van der Waals surface area contributed by atoms with Gasteiger partial charge >= 0.3 is 11.9 Å². The first-order valence-corrected chi connectivity index (χ1v) is 11.5. The molecular weight excluding hydrogens is 532 g/mol. The fourth-order valence-electron chi connectivity index (χ4n) is 1.89. The van der Waals surface area contributed by atoms with Gasteiger partial charge in [-0.05, 0) is 46.9 Å². The van der Waals surface area contributed by atoms with Crippen molar-refractivity contribution in [2.24, 2.45) is 0 Å². The standard InChI is InChI=1S/C18H27INO9P/c1-14(21)29-17(12-28-30(23,24)27-10-9-20(2,3)4)11-26-18(22)13-25-16-7-5-15(19)6-8-16/h5-8,17H,9-13H2,1-4H3/t17-/m1/s1. The molecule has 0 fully saturated rings. The average molecular weight is 559 g/mol. The summed E-state index contributed by atoms with van der Waals surface area (Å²) in [7, 11) is 1.05. The van der Waals surface area contributed by atoms with Crippen LogP contribution in [-0.4, -0.2) is 76.6 Å². The van der Waals surface area contributed by atoms with E-state index in [1.54, 1.807) is 12.1 Å². The molecule has 2 atom stereocenters. The van der Waals surface area contributed by atoms with Crippen LogP contribution in [-0.2, 0) is 32.7 Å². The number of carbonyl (C=O) groups is 2. The van der Waals surface area contributed by atoms with Crippen molar-refractivity contribution in [1.29, 1.82) is 0 Å².